The van der Waals surface area contributed by atoms with Crippen molar-refractivity contribution in [1.82, 2.24) is 14.2 Å². The molecule has 0 atom stereocenters. The van der Waals surface area contributed by atoms with Crippen LogP contribution >= 0.6 is 0 Å². The molecule has 9 nitrogen and oxygen atoms in total. The molecule has 0 unspecified atom stereocenters. The van der Waals surface area contributed by atoms with Crippen LogP contribution in [0.15, 0.2) is 32.3 Å². The standard InChI is InChI=1S/C17H24N4O5S/c18-7-3-8-19-16(22)6-11-21-14-5-4-13(12-15(14)26-17(21)23)27(24,25)20-9-1-2-10-20/h4-5,12H,1-3,6-11,18H2,(H,19,22). The second-order valence-electron chi connectivity index (χ2n) is 6.50. The zero-order valence-corrected chi connectivity index (χ0v) is 15.8. The van der Waals surface area contributed by atoms with Gasteiger partial charge in [-0.2, -0.15) is 4.31 Å². The van der Waals surface area contributed by atoms with E-state index in [1.165, 1.54) is 21.0 Å². The molecule has 1 amide bonds. The first-order valence-corrected chi connectivity index (χ1v) is 10.5. The van der Waals surface area contributed by atoms with E-state index in [0.29, 0.717) is 38.1 Å². The second kappa shape index (κ2) is 8.24. The number of carbonyl (C=O) groups excluding carboxylic acids is 1. The van der Waals surface area contributed by atoms with Gasteiger partial charge in [0, 0.05) is 38.7 Å². The monoisotopic (exact) mass is 396 g/mol. The Morgan fingerprint density at radius 2 is 2.00 bits per heavy atom. The molecular weight excluding hydrogens is 372 g/mol. The van der Waals surface area contributed by atoms with Crippen molar-refractivity contribution in [2.24, 2.45) is 5.73 Å². The molecule has 0 spiro atoms. The number of hydrogen-bond acceptors (Lipinski definition) is 6. The summed E-state index contributed by atoms with van der Waals surface area (Å²) in [6.45, 7) is 2.15. The number of rotatable bonds is 8. The maximum Gasteiger partial charge on any atom is 0.419 e. The molecule has 1 fully saturated rings. The van der Waals surface area contributed by atoms with Crippen molar-refractivity contribution in [2.75, 3.05) is 26.2 Å². The van der Waals surface area contributed by atoms with E-state index in [2.05, 4.69) is 5.32 Å². The maximum atomic E-state index is 12.6. The molecule has 0 saturated carbocycles. The van der Waals surface area contributed by atoms with Crippen LogP contribution < -0.4 is 16.8 Å². The van der Waals surface area contributed by atoms with Gasteiger partial charge in [0.2, 0.25) is 15.9 Å². The van der Waals surface area contributed by atoms with E-state index < -0.39 is 15.8 Å². The lowest BCUT2D eigenvalue weighted by Crippen LogP contribution is -2.28. The SMILES string of the molecule is NCCCNC(=O)CCn1c(=O)oc2cc(S(=O)(=O)N3CCCC3)ccc21. The smallest absolute Gasteiger partial charge is 0.408 e. The summed E-state index contributed by atoms with van der Waals surface area (Å²) in [5.74, 6) is -0.798. The molecule has 1 aliphatic rings. The van der Waals surface area contributed by atoms with Crippen LogP contribution in [-0.4, -0.2) is 49.4 Å². The molecule has 1 aliphatic heterocycles. The van der Waals surface area contributed by atoms with Crippen LogP contribution in [0.4, 0.5) is 0 Å². The van der Waals surface area contributed by atoms with E-state index in [4.69, 9.17) is 10.2 Å². The molecule has 1 aromatic heterocycles. The number of benzene rings is 1. The fraction of sp³-hybridized carbons (Fsp3) is 0.529. The van der Waals surface area contributed by atoms with E-state index in [1.54, 1.807) is 6.07 Å². The van der Waals surface area contributed by atoms with E-state index in [1.807, 2.05) is 0 Å². The average Bonchev–Trinajstić information content (AvgIpc) is 3.27. The number of oxazole rings is 1. The number of nitrogens with two attached hydrogens (primary N) is 1. The van der Waals surface area contributed by atoms with Gasteiger partial charge >= 0.3 is 5.76 Å². The summed E-state index contributed by atoms with van der Waals surface area (Å²) in [7, 11) is -3.58. The molecule has 0 bridgehead atoms. The van der Waals surface area contributed by atoms with Gasteiger partial charge < -0.3 is 15.5 Å². The van der Waals surface area contributed by atoms with E-state index in [9.17, 15) is 18.0 Å². The molecule has 3 N–H and O–H groups in total. The maximum absolute atomic E-state index is 12.6. The second-order valence-corrected chi connectivity index (χ2v) is 8.44. The summed E-state index contributed by atoms with van der Waals surface area (Å²) in [6, 6.07) is 4.40. The van der Waals surface area contributed by atoms with Crippen molar-refractivity contribution < 1.29 is 17.6 Å². The third-order valence-electron chi connectivity index (χ3n) is 4.61. The molecule has 1 saturated heterocycles. The first kappa shape index (κ1) is 19.6. The quantitative estimate of drug-likeness (QED) is 0.615. The predicted molar refractivity (Wildman–Crippen MR) is 99.8 cm³/mol. The van der Waals surface area contributed by atoms with Crippen LogP contribution in [0, 0.1) is 0 Å². The third-order valence-corrected chi connectivity index (χ3v) is 6.50. The predicted octanol–water partition coefficient (Wildman–Crippen LogP) is 0.234. The highest BCUT2D eigenvalue weighted by molar-refractivity contribution is 7.89. The Bertz CT molecular complexity index is 973. The van der Waals surface area contributed by atoms with Crippen LogP contribution in [0.2, 0.25) is 0 Å². The van der Waals surface area contributed by atoms with Gasteiger partial charge in [-0.15, -0.1) is 0 Å². The number of nitrogens with one attached hydrogen (secondary N) is 1. The first-order valence-electron chi connectivity index (χ1n) is 9.04. The van der Waals surface area contributed by atoms with E-state index in [-0.39, 0.29) is 29.4 Å². The van der Waals surface area contributed by atoms with Gasteiger partial charge in [-0.1, -0.05) is 0 Å². The topological polar surface area (TPSA) is 128 Å². The summed E-state index contributed by atoms with van der Waals surface area (Å²) >= 11 is 0. The fourth-order valence-corrected chi connectivity index (χ4v) is 4.66. The van der Waals surface area contributed by atoms with Crippen molar-refractivity contribution >= 4 is 27.0 Å². The van der Waals surface area contributed by atoms with Crippen molar-refractivity contribution in [1.29, 1.82) is 0 Å². The Labute approximate surface area is 157 Å². The van der Waals surface area contributed by atoms with E-state index in [0.717, 1.165) is 12.8 Å². The lowest BCUT2D eigenvalue weighted by Gasteiger charge is -2.15. The summed E-state index contributed by atoms with van der Waals surface area (Å²) in [5, 5.41) is 2.72. The minimum atomic E-state index is -3.58. The van der Waals surface area contributed by atoms with Crippen molar-refractivity contribution in [3.8, 4) is 0 Å². The van der Waals surface area contributed by atoms with E-state index >= 15 is 0 Å². The van der Waals surface area contributed by atoms with Crippen LogP contribution in [0.5, 0.6) is 0 Å². The Kier molecular flexibility index (Phi) is 5.98. The lowest BCUT2D eigenvalue weighted by molar-refractivity contribution is -0.121. The number of aryl methyl sites for hydroxylation is 1. The largest absolute Gasteiger partial charge is 0.419 e. The highest BCUT2D eigenvalue weighted by Crippen LogP contribution is 2.24. The van der Waals surface area contributed by atoms with Gasteiger partial charge in [-0.05, 0) is 37.9 Å². The number of amides is 1. The van der Waals surface area contributed by atoms with Crippen LogP contribution in [0.3, 0.4) is 0 Å². The molecule has 3 rings (SSSR count). The Balaban J connectivity index is 1.78. The molecule has 2 aromatic rings. The highest BCUT2D eigenvalue weighted by Gasteiger charge is 2.28. The molecule has 0 aliphatic carbocycles. The molecule has 10 heteroatoms. The number of aromatic nitrogens is 1. The number of hydrogen-bond donors (Lipinski definition) is 2. The number of carbonyl (C=O) groups is 1. The summed E-state index contributed by atoms with van der Waals surface area (Å²) in [6.07, 6.45) is 2.50. The Morgan fingerprint density at radius 3 is 2.70 bits per heavy atom. The van der Waals surface area contributed by atoms with Gasteiger partial charge in [-0.3, -0.25) is 9.36 Å². The molecule has 27 heavy (non-hydrogen) atoms. The third kappa shape index (κ3) is 4.23. The number of nitrogens with zero attached hydrogens (tertiary/aromatic N) is 2. The normalized spacial score (nSPS) is 15.4. The minimum absolute atomic E-state index is 0.109. The number of sulfonamides is 1. The molecule has 2 heterocycles. The Morgan fingerprint density at radius 1 is 1.26 bits per heavy atom. The number of fused-ring (bicyclic) bond motifs is 1. The molecule has 0 radical (unpaired) electrons. The Hall–Kier alpha value is -2.17. The zero-order valence-electron chi connectivity index (χ0n) is 15.0. The lowest BCUT2D eigenvalue weighted by atomic mass is 10.3. The molecule has 1 aromatic carbocycles. The summed E-state index contributed by atoms with van der Waals surface area (Å²) in [4.78, 5) is 24.0. The highest BCUT2D eigenvalue weighted by atomic mass is 32.2. The van der Waals surface area contributed by atoms with Gasteiger partial charge in [0.1, 0.15) is 0 Å². The van der Waals surface area contributed by atoms with Gasteiger partial charge in [0.25, 0.3) is 0 Å². The minimum Gasteiger partial charge on any atom is -0.408 e. The van der Waals surface area contributed by atoms with Crippen LogP contribution in [0.25, 0.3) is 11.1 Å². The van der Waals surface area contributed by atoms with Crippen LogP contribution in [0.1, 0.15) is 25.7 Å². The molecule has 148 valence electrons. The zero-order chi connectivity index (χ0) is 19.4. The molecular formula is C17H24N4O5S. The van der Waals surface area contributed by atoms with Crippen LogP contribution in [-0.2, 0) is 21.4 Å². The summed E-state index contributed by atoms with van der Waals surface area (Å²) < 4.78 is 33.3. The van der Waals surface area contributed by atoms with Gasteiger partial charge in [0.15, 0.2) is 5.58 Å². The average molecular weight is 396 g/mol. The van der Waals surface area contributed by atoms with Crippen molar-refractivity contribution in [3.05, 3.63) is 28.7 Å². The fourth-order valence-electron chi connectivity index (χ4n) is 3.13. The summed E-state index contributed by atoms with van der Waals surface area (Å²) in [5.41, 5.74) is 6.04. The first-order chi connectivity index (χ1) is 12.9. The van der Waals surface area contributed by atoms with Crippen molar-refractivity contribution in [2.45, 2.75) is 37.1 Å². The van der Waals surface area contributed by atoms with Gasteiger partial charge in [0.05, 0.1) is 10.4 Å². The van der Waals surface area contributed by atoms with Crippen molar-refractivity contribution in [3.63, 3.8) is 0 Å². The van der Waals surface area contributed by atoms with Gasteiger partial charge in [-0.25, -0.2) is 13.2 Å².